The Morgan fingerprint density at radius 2 is 1.43 bits per heavy atom. The molecule has 0 aromatic rings. The molecule has 0 unspecified atom stereocenters. The fourth-order valence-corrected chi connectivity index (χ4v) is 1.96. The molecule has 0 fully saturated rings. The zero-order valence-electron chi connectivity index (χ0n) is 16.7. The van der Waals surface area contributed by atoms with Crippen molar-refractivity contribution >= 4 is 17.8 Å². The van der Waals surface area contributed by atoms with Crippen molar-refractivity contribution in [3.8, 4) is 0 Å². The third kappa shape index (κ3) is 16.4. The van der Waals surface area contributed by atoms with Crippen LogP contribution in [-0.2, 0) is 33.3 Å². The van der Waals surface area contributed by atoms with E-state index >= 15 is 0 Å². The summed E-state index contributed by atoms with van der Waals surface area (Å²) >= 11 is 0. The van der Waals surface area contributed by atoms with Crippen LogP contribution in [0.5, 0.6) is 0 Å². The summed E-state index contributed by atoms with van der Waals surface area (Å²) in [4.78, 5) is 33.9. The van der Waals surface area contributed by atoms with E-state index in [1.54, 1.807) is 7.11 Å². The van der Waals surface area contributed by atoms with E-state index in [0.29, 0.717) is 46.1 Å². The topological polar surface area (TPSA) is 144 Å². The lowest BCUT2D eigenvalue weighted by molar-refractivity contribution is -0.139. The van der Waals surface area contributed by atoms with Crippen molar-refractivity contribution in [3.05, 3.63) is 0 Å². The molecule has 0 saturated heterocycles. The number of likely N-dealkylation sites (N-methyl/N-ethyl adjacent to an activating group) is 1. The zero-order chi connectivity index (χ0) is 21.0. The number of hydrogen-bond donors (Lipinski definition) is 4. The van der Waals surface area contributed by atoms with Crippen LogP contribution in [0, 0.1) is 0 Å². The molecular weight excluding hydrogens is 374 g/mol. The molecule has 0 bridgehead atoms. The van der Waals surface area contributed by atoms with E-state index in [2.05, 4.69) is 16.0 Å². The minimum absolute atomic E-state index is 0.0611. The molecule has 0 aliphatic carbocycles. The molecule has 28 heavy (non-hydrogen) atoms. The van der Waals surface area contributed by atoms with E-state index in [1.807, 2.05) is 0 Å². The van der Waals surface area contributed by atoms with Crippen molar-refractivity contribution in [3.63, 3.8) is 0 Å². The summed E-state index contributed by atoms with van der Waals surface area (Å²) in [7, 11) is 3.13. The summed E-state index contributed by atoms with van der Waals surface area (Å²) in [5, 5.41) is 16.8. The maximum absolute atomic E-state index is 11.6. The minimum atomic E-state index is -0.984. The third-order valence-electron chi connectivity index (χ3n) is 3.48. The first-order chi connectivity index (χ1) is 13.5. The van der Waals surface area contributed by atoms with E-state index in [9.17, 15) is 14.4 Å². The standard InChI is InChI=1S/C17H33N3O8/c1-18-14(17(23)24)3-4-15(21)19-5-7-27-11-12-28-13-16(22)20-6-8-26-10-9-25-2/h14,18H,3-13H2,1-2H3,(H,19,21)(H,20,22)(H,23,24)/t14-/m0/s1. The Bertz CT molecular complexity index is 437. The van der Waals surface area contributed by atoms with Gasteiger partial charge in [-0.25, -0.2) is 0 Å². The number of hydrogen-bond acceptors (Lipinski definition) is 8. The number of aliphatic carboxylic acids is 1. The Kier molecular flexibility index (Phi) is 17.4. The lowest BCUT2D eigenvalue weighted by atomic mass is 10.1. The Labute approximate surface area is 165 Å². The summed E-state index contributed by atoms with van der Waals surface area (Å²) in [6.07, 6.45) is 0.334. The Morgan fingerprint density at radius 1 is 0.857 bits per heavy atom. The Balaban J connectivity index is 3.41. The Morgan fingerprint density at radius 3 is 2.00 bits per heavy atom. The Hall–Kier alpha value is -1.79. The minimum Gasteiger partial charge on any atom is -0.480 e. The molecule has 0 saturated carbocycles. The second-order valence-corrected chi connectivity index (χ2v) is 5.69. The summed E-state index contributed by atoms with van der Waals surface area (Å²) < 4.78 is 20.5. The van der Waals surface area contributed by atoms with Gasteiger partial charge < -0.3 is 40.0 Å². The molecule has 0 aliphatic rings. The van der Waals surface area contributed by atoms with Gasteiger partial charge >= 0.3 is 5.97 Å². The van der Waals surface area contributed by atoms with Gasteiger partial charge in [-0.3, -0.25) is 14.4 Å². The summed E-state index contributed by atoms with van der Waals surface area (Å²) in [5.41, 5.74) is 0. The van der Waals surface area contributed by atoms with Crippen LogP contribution in [-0.4, -0.2) is 102 Å². The van der Waals surface area contributed by atoms with E-state index < -0.39 is 12.0 Å². The molecule has 4 N–H and O–H groups in total. The van der Waals surface area contributed by atoms with Crippen LogP contribution in [0.4, 0.5) is 0 Å². The molecule has 0 heterocycles. The number of ether oxygens (including phenoxy) is 4. The average Bonchev–Trinajstić information content (AvgIpc) is 2.66. The number of carbonyl (C=O) groups excluding carboxylic acids is 2. The van der Waals surface area contributed by atoms with Gasteiger partial charge in [-0.2, -0.15) is 0 Å². The van der Waals surface area contributed by atoms with Crippen molar-refractivity contribution in [2.45, 2.75) is 18.9 Å². The quantitative estimate of drug-likeness (QED) is 0.185. The first kappa shape index (κ1) is 26.2. The number of amides is 2. The molecular formula is C17H33N3O8. The molecule has 11 nitrogen and oxygen atoms in total. The van der Waals surface area contributed by atoms with E-state index in [-0.39, 0.29) is 37.9 Å². The molecule has 1 atom stereocenters. The molecule has 11 heteroatoms. The van der Waals surface area contributed by atoms with E-state index in [0.717, 1.165) is 0 Å². The van der Waals surface area contributed by atoms with Crippen LogP contribution < -0.4 is 16.0 Å². The molecule has 164 valence electrons. The number of carbonyl (C=O) groups is 3. The molecule has 0 rings (SSSR count). The highest BCUT2D eigenvalue weighted by Crippen LogP contribution is 1.97. The number of carboxylic acids is 1. The lowest BCUT2D eigenvalue weighted by Crippen LogP contribution is -2.36. The maximum atomic E-state index is 11.6. The summed E-state index contributed by atoms with van der Waals surface area (Å²) in [6.45, 7) is 2.93. The van der Waals surface area contributed by atoms with Crippen LogP contribution in [0.1, 0.15) is 12.8 Å². The first-order valence-electron chi connectivity index (χ1n) is 9.16. The van der Waals surface area contributed by atoms with Gasteiger partial charge in [0.05, 0.1) is 39.6 Å². The van der Waals surface area contributed by atoms with E-state index in [1.165, 1.54) is 7.05 Å². The number of methoxy groups -OCH3 is 1. The second-order valence-electron chi connectivity index (χ2n) is 5.69. The van der Waals surface area contributed by atoms with Crippen LogP contribution >= 0.6 is 0 Å². The van der Waals surface area contributed by atoms with Crippen LogP contribution in [0.15, 0.2) is 0 Å². The first-order valence-corrected chi connectivity index (χ1v) is 9.16. The monoisotopic (exact) mass is 407 g/mol. The molecule has 0 spiro atoms. The van der Waals surface area contributed by atoms with Crippen molar-refractivity contribution < 1.29 is 38.4 Å². The highest BCUT2D eigenvalue weighted by atomic mass is 16.5. The van der Waals surface area contributed by atoms with Gasteiger partial charge in [-0.15, -0.1) is 0 Å². The fourth-order valence-electron chi connectivity index (χ4n) is 1.96. The van der Waals surface area contributed by atoms with Crippen LogP contribution in [0.3, 0.4) is 0 Å². The highest BCUT2D eigenvalue weighted by Gasteiger charge is 2.15. The second kappa shape index (κ2) is 18.6. The van der Waals surface area contributed by atoms with Gasteiger partial charge in [-0.05, 0) is 13.5 Å². The smallest absolute Gasteiger partial charge is 0.320 e. The van der Waals surface area contributed by atoms with Gasteiger partial charge in [0.15, 0.2) is 0 Å². The average molecular weight is 407 g/mol. The van der Waals surface area contributed by atoms with E-state index in [4.69, 9.17) is 24.1 Å². The van der Waals surface area contributed by atoms with Crippen molar-refractivity contribution in [1.82, 2.24) is 16.0 Å². The normalized spacial score (nSPS) is 11.8. The predicted octanol–water partition coefficient (Wildman–Crippen LogP) is -1.63. The number of carboxylic acid groups (broad SMARTS) is 1. The number of rotatable bonds is 19. The molecule has 0 aromatic heterocycles. The molecule has 0 aromatic carbocycles. The van der Waals surface area contributed by atoms with Crippen molar-refractivity contribution in [2.24, 2.45) is 0 Å². The van der Waals surface area contributed by atoms with Crippen molar-refractivity contribution in [1.29, 1.82) is 0 Å². The largest absolute Gasteiger partial charge is 0.480 e. The third-order valence-corrected chi connectivity index (χ3v) is 3.48. The SMILES string of the molecule is CN[C@@H](CCC(=O)NCCOCCOCC(=O)NCCOCCOC)C(=O)O. The zero-order valence-corrected chi connectivity index (χ0v) is 16.7. The van der Waals surface area contributed by atoms with Gasteiger partial charge in [0.1, 0.15) is 12.6 Å². The van der Waals surface area contributed by atoms with Gasteiger partial charge in [0.2, 0.25) is 11.8 Å². The van der Waals surface area contributed by atoms with Crippen LogP contribution in [0.25, 0.3) is 0 Å². The fraction of sp³-hybridized carbons (Fsp3) is 0.824. The highest BCUT2D eigenvalue weighted by molar-refractivity contribution is 5.78. The van der Waals surface area contributed by atoms with Gasteiger partial charge in [0.25, 0.3) is 0 Å². The molecule has 0 radical (unpaired) electrons. The van der Waals surface area contributed by atoms with Crippen LogP contribution in [0.2, 0.25) is 0 Å². The molecule has 2 amide bonds. The maximum Gasteiger partial charge on any atom is 0.320 e. The lowest BCUT2D eigenvalue weighted by Gasteiger charge is -2.11. The summed E-state index contributed by atoms with van der Waals surface area (Å²) in [6, 6.07) is -0.737. The predicted molar refractivity (Wildman–Crippen MR) is 100 cm³/mol. The van der Waals surface area contributed by atoms with Gasteiger partial charge in [-0.1, -0.05) is 0 Å². The van der Waals surface area contributed by atoms with Gasteiger partial charge in [0, 0.05) is 26.6 Å². The van der Waals surface area contributed by atoms with Crippen molar-refractivity contribution in [2.75, 3.05) is 73.5 Å². The number of nitrogens with one attached hydrogen (secondary N) is 3. The molecule has 0 aliphatic heterocycles. The summed E-state index contributed by atoms with van der Waals surface area (Å²) in [5.74, 6) is -1.45.